The van der Waals surface area contributed by atoms with Crippen molar-refractivity contribution in [3.05, 3.63) is 278 Å². The van der Waals surface area contributed by atoms with Gasteiger partial charge in [0, 0.05) is 98.5 Å². The molecule has 0 atom stereocenters. The third kappa shape index (κ3) is 7.75. The van der Waals surface area contributed by atoms with Crippen LogP contribution in [0.2, 0.25) is 0 Å². The highest BCUT2D eigenvalue weighted by molar-refractivity contribution is 6.38. The number of nitrogens with zero attached hydrogens (tertiary/aromatic N) is 4. The van der Waals surface area contributed by atoms with Crippen molar-refractivity contribution in [2.45, 2.75) is 76.0 Å². The van der Waals surface area contributed by atoms with E-state index < -0.39 is 0 Å². The van der Waals surface area contributed by atoms with Gasteiger partial charge in [0.2, 0.25) is 0 Å². The summed E-state index contributed by atoms with van der Waals surface area (Å²) < 4.78 is 19.8. The highest BCUT2D eigenvalue weighted by Gasteiger charge is 2.33. The predicted octanol–water partition coefficient (Wildman–Crippen LogP) is 26.2. The van der Waals surface area contributed by atoms with Crippen LogP contribution in [-0.4, -0.2) is 8.80 Å². The van der Waals surface area contributed by atoms with E-state index in [1.54, 1.807) is 0 Å². The van der Waals surface area contributed by atoms with E-state index in [-0.39, 0.29) is 0 Å². The molecule has 6 heteroatoms. The Morgan fingerprint density at radius 1 is 0.271 bits per heavy atom. The van der Waals surface area contributed by atoms with Crippen LogP contribution in [0.15, 0.2) is 276 Å². The minimum Gasteiger partial charge on any atom is -0.454 e. The van der Waals surface area contributed by atoms with Crippen molar-refractivity contribution in [1.82, 2.24) is 8.80 Å². The molecule has 458 valence electrons. The lowest BCUT2D eigenvalue weighted by Crippen LogP contribution is -2.10. The van der Waals surface area contributed by atoms with Gasteiger partial charge in [-0.15, -0.1) is 0 Å². The monoisotopic (exact) mass is 1230 g/mol. The molecule has 0 unspecified atom stereocenters. The van der Waals surface area contributed by atoms with Crippen molar-refractivity contribution in [3.8, 4) is 22.3 Å². The van der Waals surface area contributed by atoms with Crippen LogP contribution in [0.3, 0.4) is 0 Å². The number of benzene rings is 13. The minimum absolute atomic E-state index is 0.514. The average Bonchev–Trinajstić information content (AvgIpc) is 1.50. The second-order valence-corrected chi connectivity index (χ2v) is 27.4. The standard InChI is InChI=1S/C90H66N4O2/c1-7-25-55(26-8-1)63-37-19-41-67-69-43-23-47-77(89(69)95-87(63)67)91(59-33-15-5-16-34-59)61-49-51-75-73(53-61)65-39-21-45-71-81-80(58-31-13-4-14-32-58)86-82(79(57-29-11-3-12-30-57)85(81)93(75)83(65)71)72-46-22-40-66-74-54-62(50-52-76(74)94(86)84(66)72)92(60-35-17-6-18-36-60)78-48-24-44-70-68-42-20-38-64(88(68)96-90(70)78)56-27-9-2-10-28-56/h3-6,11-24,29-56H,1-2,7-10,25-28H2. The Kier molecular flexibility index (Phi) is 11.9. The van der Waals surface area contributed by atoms with Gasteiger partial charge in [-0.25, -0.2) is 0 Å². The maximum Gasteiger partial charge on any atom is 0.159 e. The fourth-order valence-corrected chi connectivity index (χ4v) is 18.2. The molecule has 2 saturated carbocycles. The molecule has 2 aliphatic rings. The molecule has 19 aromatic rings. The molecule has 0 N–H and O–H groups in total. The summed E-state index contributed by atoms with van der Waals surface area (Å²) >= 11 is 0. The molecule has 13 aromatic carbocycles. The van der Waals surface area contributed by atoms with Gasteiger partial charge in [-0.05, 0) is 133 Å². The molecule has 6 aromatic heterocycles. The van der Waals surface area contributed by atoms with Crippen molar-refractivity contribution >= 4 is 154 Å². The zero-order chi connectivity index (χ0) is 62.7. The second-order valence-electron chi connectivity index (χ2n) is 27.4. The zero-order valence-electron chi connectivity index (χ0n) is 53.2. The molecule has 2 aliphatic carbocycles. The summed E-state index contributed by atoms with van der Waals surface area (Å²) in [7, 11) is 0. The van der Waals surface area contributed by atoms with Gasteiger partial charge in [-0.1, -0.05) is 233 Å². The van der Waals surface area contributed by atoms with Crippen LogP contribution in [0.1, 0.15) is 87.2 Å². The number of fused-ring (bicyclic) bond motifs is 18. The summed E-state index contributed by atoms with van der Waals surface area (Å²) in [5.41, 5.74) is 25.0. The van der Waals surface area contributed by atoms with Crippen LogP contribution in [0, 0.1) is 0 Å². The first-order chi connectivity index (χ1) is 47.7. The molecular weight excluding hydrogens is 1170 g/mol. The number of hydrogen-bond donors (Lipinski definition) is 0. The van der Waals surface area contributed by atoms with Crippen LogP contribution in [0.4, 0.5) is 34.1 Å². The first-order valence-corrected chi connectivity index (χ1v) is 34.8. The lowest BCUT2D eigenvalue weighted by Gasteiger charge is -2.25. The van der Waals surface area contributed by atoms with Crippen LogP contribution >= 0.6 is 0 Å². The van der Waals surface area contributed by atoms with E-state index in [4.69, 9.17) is 8.83 Å². The molecule has 0 spiro atoms. The largest absolute Gasteiger partial charge is 0.454 e. The van der Waals surface area contributed by atoms with Crippen LogP contribution < -0.4 is 9.80 Å². The maximum atomic E-state index is 7.25. The fraction of sp³-hybridized carbons (Fsp3) is 0.133. The first kappa shape index (κ1) is 54.1. The van der Waals surface area contributed by atoms with E-state index in [0.29, 0.717) is 11.8 Å². The van der Waals surface area contributed by atoms with Crippen molar-refractivity contribution in [2.75, 3.05) is 9.80 Å². The third-order valence-electron chi connectivity index (χ3n) is 22.3. The summed E-state index contributed by atoms with van der Waals surface area (Å²) in [4.78, 5) is 4.84. The van der Waals surface area contributed by atoms with Gasteiger partial charge in [0.1, 0.15) is 11.2 Å². The Morgan fingerprint density at radius 2 is 0.625 bits per heavy atom. The number of anilines is 6. The Balaban J connectivity index is 0.810. The molecule has 21 rings (SSSR count). The van der Waals surface area contributed by atoms with E-state index in [2.05, 4.69) is 286 Å². The molecule has 2 fully saturated rings. The third-order valence-corrected chi connectivity index (χ3v) is 22.3. The predicted molar refractivity (Wildman–Crippen MR) is 402 cm³/mol. The van der Waals surface area contributed by atoms with Crippen LogP contribution in [-0.2, 0) is 0 Å². The lowest BCUT2D eigenvalue weighted by molar-refractivity contribution is 0.442. The van der Waals surface area contributed by atoms with E-state index in [1.807, 2.05) is 0 Å². The molecule has 96 heavy (non-hydrogen) atoms. The maximum absolute atomic E-state index is 7.25. The number of aromatic nitrogens is 2. The van der Waals surface area contributed by atoms with Gasteiger partial charge in [0.25, 0.3) is 0 Å². The number of rotatable bonds is 10. The molecule has 0 radical (unpaired) electrons. The van der Waals surface area contributed by atoms with Crippen molar-refractivity contribution < 1.29 is 8.83 Å². The van der Waals surface area contributed by atoms with E-state index >= 15 is 0 Å². The van der Waals surface area contributed by atoms with Gasteiger partial charge in [-0.2, -0.15) is 0 Å². The van der Waals surface area contributed by atoms with Crippen molar-refractivity contribution in [3.63, 3.8) is 0 Å². The SMILES string of the molecule is c1ccc(-c2c3c4cccc5c6cc(N(c7ccccc7)c7cccc8c7oc7c(C9CCCCC9)cccc78)ccc6n(c3c(-c3ccccc3)c3c6cccc7c8cc(N(c9ccccc9)c9cccc%10c9oc9c(C%11CCCCC%11)cccc9%10)ccc8n(c23)c76)c54)cc1. The minimum atomic E-state index is 0.514. The fourth-order valence-electron chi connectivity index (χ4n) is 18.2. The number of hydrogen-bond acceptors (Lipinski definition) is 4. The van der Waals surface area contributed by atoms with Crippen molar-refractivity contribution in [2.24, 2.45) is 0 Å². The smallest absolute Gasteiger partial charge is 0.159 e. The Hall–Kier alpha value is -11.3. The first-order valence-electron chi connectivity index (χ1n) is 34.8. The molecule has 0 saturated heterocycles. The van der Waals surface area contributed by atoms with E-state index in [9.17, 15) is 0 Å². The number of para-hydroxylation sites is 8. The Bertz CT molecular complexity index is 5900. The molecule has 0 amide bonds. The average molecular weight is 1240 g/mol. The Morgan fingerprint density at radius 3 is 1.04 bits per heavy atom. The van der Waals surface area contributed by atoms with Gasteiger partial charge in [0.15, 0.2) is 11.2 Å². The van der Waals surface area contributed by atoms with Gasteiger partial charge < -0.3 is 27.4 Å². The quantitative estimate of drug-likeness (QED) is 0.137. The van der Waals surface area contributed by atoms with Crippen LogP contribution in [0.5, 0.6) is 0 Å². The summed E-state index contributed by atoms with van der Waals surface area (Å²) in [5, 5.41) is 14.5. The van der Waals surface area contributed by atoms with Gasteiger partial charge in [0.05, 0.1) is 44.5 Å². The molecule has 6 nitrogen and oxygen atoms in total. The Labute approximate surface area is 554 Å². The summed E-state index contributed by atoms with van der Waals surface area (Å²) in [6, 6.07) is 99.6. The topological polar surface area (TPSA) is 41.6 Å². The van der Waals surface area contributed by atoms with E-state index in [0.717, 1.165) is 67.2 Å². The lowest BCUT2D eigenvalue weighted by atomic mass is 9.83. The highest BCUT2D eigenvalue weighted by Crippen LogP contribution is 2.56. The molecule has 0 aliphatic heterocycles. The van der Waals surface area contributed by atoms with Gasteiger partial charge >= 0.3 is 0 Å². The summed E-state index contributed by atoms with van der Waals surface area (Å²) in [5.74, 6) is 1.03. The molecule has 0 bridgehead atoms. The summed E-state index contributed by atoms with van der Waals surface area (Å²) in [6.07, 6.45) is 12.6. The van der Waals surface area contributed by atoms with Crippen molar-refractivity contribution in [1.29, 1.82) is 0 Å². The highest BCUT2D eigenvalue weighted by atomic mass is 16.3. The van der Waals surface area contributed by atoms with Crippen LogP contribution in [0.25, 0.3) is 142 Å². The summed E-state index contributed by atoms with van der Waals surface area (Å²) in [6.45, 7) is 0. The molecule has 6 heterocycles. The van der Waals surface area contributed by atoms with E-state index in [1.165, 1.54) is 185 Å². The second kappa shape index (κ2) is 21.1. The zero-order valence-corrected chi connectivity index (χ0v) is 53.2. The normalized spacial score (nSPS) is 14.6. The molecular formula is C90H66N4O2. The number of furan rings is 2. The van der Waals surface area contributed by atoms with Gasteiger partial charge in [-0.3, -0.25) is 0 Å².